The Labute approximate surface area is 127 Å². The molecule has 0 radical (unpaired) electrons. The van der Waals surface area contributed by atoms with Crippen LogP contribution in [0.3, 0.4) is 0 Å². The minimum atomic E-state index is 0.131. The molecule has 0 aromatic carbocycles. The van der Waals surface area contributed by atoms with Gasteiger partial charge < -0.3 is 15.4 Å². The van der Waals surface area contributed by atoms with Crippen LogP contribution in [-0.4, -0.2) is 35.3 Å². The number of rotatable bonds is 7. The average molecular weight is 292 g/mol. The first kappa shape index (κ1) is 16.0. The summed E-state index contributed by atoms with van der Waals surface area (Å²) in [5.74, 6) is 1.60. The van der Waals surface area contributed by atoms with E-state index in [9.17, 15) is 0 Å². The highest BCUT2D eigenvalue weighted by Gasteiger charge is 2.49. The number of nitrogens with zero attached hydrogens (tertiary/aromatic N) is 2. The van der Waals surface area contributed by atoms with Gasteiger partial charge in [0.1, 0.15) is 5.82 Å². The van der Waals surface area contributed by atoms with E-state index < -0.39 is 0 Å². The molecule has 118 valence electrons. The van der Waals surface area contributed by atoms with Gasteiger partial charge in [-0.2, -0.15) is 4.98 Å². The predicted molar refractivity (Wildman–Crippen MR) is 86.8 cm³/mol. The Bertz CT molecular complexity index is 475. The summed E-state index contributed by atoms with van der Waals surface area (Å²) in [6.45, 7) is 12.3. The standard InChI is InChI=1S/C16H28N4O/c1-6-8-17-15-18-11(3)9-14(20-15)19-12-10-13(21-7-2)16(12,4)5/h9,12-13H,6-8,10H2,1-5H3,(H2,17,18,19,20). The van der Waals surface area contributed by atoms with Gasteiger partial charge in [-0.1, -0.05) is 20.8 Å². The molecule has 1 aromatic rings. The summed E-state index contributed by atoms with van der Waals surface area (Å²) < 4.78 is 5.78. The van der Waals surface area contributed by atoms with Gasteiger partial charge in [-0.15, -0.1) is 0 Å². The molecule has 2 N–H and O–H groups in total. The van der Waals surface area contributed by atoms with Crippen molar-refractivity contribution in [3.63, 3.8) is 0 Å². The average Bonchev–Trinajstić information content (AvgIpc) is 2.43. The summed E-state index contributed by atoms with van der Waals surface area (Å²) in [5, 5.41) is 6.79. The highest BCUT2D eigenvalue weighted by atomic mass is 16.5. The minimum Gasteiger partial charge on any atom is -0.378 e. The first-order valence-corrected chi connectivity index (χ1v) is 7.95. The van der Waals surface area contributed by atoms with Crippen LogP contribution in [0.1, 0.15) is 46.2 Å². The van der Waals surface area contributed by atoms with Crippen LogP contribution in [0.15, 0.2) is 6.07 Å². The maximum absolute atomic E-state index is 5.78. The quantitative estimate of drug-likeness (QED) is 0.808. The molecule has 2 rings (SSSR count). The Kier molecular flexibility index (Phi) is 5.04. The molecule has 0 spiro atoms. The molecular weight excluding hydrogens is 264 g/mol. The molecule has 1 fully saturated rings. The van der Waals surface area contributed by atoms with Crippen LogP contribution < -0.4 is 10.6 Å². The first-order chi connectivity index (χ1) is 9.97. The molecule has 1 aliphatic carbocycles. The Balaban J connectivity index is 2.02. The summed E-state index contributed by atoms with van der Waals surface area (Å²) in [5.41, 5.74) is 1.11. The molecule has 1 aliphatic rings. The fourth-order valence-electron chi connectivity index (χ4n) is 2.75. The molecule has 1 heterocycles. The lowest BCUT2D eigenvalue weighted by molar-refractivity contribution is -0.0976. The van der Waals surface area contributed by atoms with Crippen molar-refractivity contribution in [2.45, 2.75) is 59.6 Å². The minimum absolute atomic E-state index is 0.131. The second kappa shape index (κ2) is 6.60. The Morgan fingerprint density at radius 2 is 2.10 bits per heavy atom. The van der Waals surface area contributed by atoms with Gasteiger partial charge in [0.05, 0.1) is 6.10 Å². The number of aryl methyl sites for hydroxylation is 1. The van der Waals surface area contributed by atoms with Gasteiger partial charge in [0, 0.05) is 36.4 Å². The van der Waals surface area contributed by atoms with E-state index in [1.165, 1.54) is 0 Å². The van der Waals surface area contributed by atoms with Crippen molar-refractivity contribution in [2.75, 3.05) is 23.8 Å². The van der Waals surface area contributed by atoms with Crippen molar-refractivity contribution in [3.05, 3.63) is 11.8 Å². The summed E-state index contributed by atoms with van der Waals surface area (Å²) in [6.07, 6.45) is 2.42. The van der Waals surface area contributed by atoms with Gasteiger partial charge in [-0.05, 0) is 26.7 Å². The Hall–Kier alpha value is -1.36. The first-order valence-electron chi connectivity index (χ1n) is 7.95. The maximum Gasteiger partial charge on any atom is 0.224 e. The topological polar surface area (TPSA) is 59.1 Å². The van der Waals surface area contributed by atoms with E-state index in [2.05, 4.69) is 48.3 Å². The van der Waals surface area contributed by atoms with E-state index in [0.717, 1.165) is 37.5 Å². The summed E-state index contributed by atoms with van der Waals surface area (Å²) in [7, 11) is 0. The van der Waals surface area contributed by atoms with Gasteiger partial charge in [-0.3, -0.25) is 0 Å². The van der Waals surface area contributed by atoms with Crippen molar-refractivity contribution in [1.29, 1.82) is 0 Å². The van der Waals surface area contributed by atoms with Crippen molar-refractivity contribution in [1.82, 2.24) is 9.97 Å². The van der Waals surface area contributed by atoms with Gasteiger partial charge in [0.15, 0.2) is 0 Å². The predicted octanol–water partition coefficient (Wildman–Crippen LogP) is 3.22. The second-order valence-corrected chi connectivity index (χ2v) is 6.34. The third-order valence-electron chi connectivity index (χ3n) is 4.26. The van der Waals surface area contributed by atoms with E-state index in [-0.39, 0.29) is 5.41 Å². The molecule has 0 aliphatic heterocycles. The largest absolute Gasteiger partial charge is 0.378 e. The lowest BCUT2D eigenvalue weighted by Crippen LogP contribution is -2.58. The third-order valence-corrected chi connectivity index (χ3v) is 4.26. The van der Waals surface area contributed by atoms with Crippen LogP contribution in [0, 0.1) is 12.3 Å². The summed E-state index contributed by atoms with van der Waals surface area (Å²) in [4.78, 5) is 8.97. The number of aromatic nitrogens is 2. The van der Waals surface area contributed by atoms with Crippen LogP contribution >= 0.6 is 0 Å². The molecular formula is C16H28N4O. The normalized spacial score (nSPS) is 23.5. The Morgan fingerprint density at radius 1 is 1.33 bits per heavy atom. The SMILES string of the molecule is CCCNc1nc(C)cc(NC2CC(OCC)C2(C)C)n1. The molecule has 0 saturated heterocycles. The maximum atomic E-state index is 5.78. The van der Waals surface area contributed by atoms with E-state index >= 15 is 0 Å². The van der Waals surface area contributed by atoms with E-state index in [1.54, 1.807) is 0 Å². The number of anilines is 2. The summed E-state index contributed by atoms with van der Waals surface area (Å²) in [6, 6.07) is 2.39. The van der Waals surface area contributed by atoms with E-state index in [1.807, 2.05) is 13.0 Å². The van der Waals surface area contributed by atoms with Gasteiger partial charge in [-0.25, -0.2) is 4.98 Å². The molecule has 5 heteroatoms. The van der Waals surface area contributed by atoms with Crippen LogP contribution in [0.2, 0.25) is 0 Å². The van der Waals surface area contributed by atoms with Gasteiger partial charge >= 0.3 is 0 Å². The zero-order valence-corrected chi connectivity index (χ0v) is 13.9. The number of nitrogens with one attached hydrogen (secondary N) is 2. The van der Waals surface area contributed by atoms with Crippen LogP contribution in [0.25, 0.3) is 0 Å². The van der Waals surface area contributed by atoms with Crippen LogP contribution in [0.5, 0.6) is 0 Å². The van der Waals surface area contributed by atoms with Crippen molar-refractivity contribution in [2.24, 2.45) is 5.41 Å². The van der Waals surface area contributed by atoms with Gasteiger partial charge in [0.25, 0.3) is 0 Å². The monoisotopic (exact) mass is 292 g/mol. The zero-order valence-electron chi connectivity index (χ0n) is 13.9. The highest BCUT2D eigenvalue weighted by molar-refractivity contribution is 5.44. The molecule has 1 aromatic heterocycles. The number of hydrogen-bond acceptors (Lipinski definition) is 5. The van der Waals surface area contributed by atoms with E-state index in [0.29, 0.717) is 18.1 Å². The van der Waals surface area contributed by atoms with Gasteiger partial charge in [0.2, 0.25) is 5.95 Å². The molecule has 2 unspecified atom stereocenters. The second-order valence-electron chi connectivity index (χ2n) is 6.34. The molecule has 2 atom stereocenters. The molecule has 0 bridgehead atoms. The fraction of sp³-hybridized carbons (Fsp3) is 0.750. The lowest BCUT2D eigenvalue weighted by atomic mass is 9.64. The number of ether oxygens (including phenoxy) is 1. The molecule has 1 saturated carbocycles. The molecule has 5 nitrogen and oxygen atoms in total. The molecule has 0 amide bonds. The highest BCUT2D eigenvalue weighted by Crippen LogP contribution is 2.44. The van der Waals surface area contributed by atoms with E-state index in [4.69, 9.17) is 4.74 Å². The Morgan fingerprint density at radius 3 is 2.71 bits per heavy atom. The lowest BCUT2D eigenvalue weighted by Gasteiger charge is -2.51. The van der Waals surface area contributed by atoms with Crippen LogP contribution in [-0.2, 0) is 4.74 Å². The molecule has 21 heavy (non-hydrogen) atoms. The summed E-state index contributed by atoms with van der Waals surface area (Å²) >= 11 is 0. The third kappa shape index (κ3) is 3.64. The van der Waals surface area contributed by atoms with Crippen molar-refractivity contribution in [3.8, 4) is 0 Å². The zero-order chi connectivity index (χ0) is 15.5. The number of hydrogen-bond donors (Lipinski definition) is 2. The van der Waals surface area contributed by atoms with Crippen LogP contribution in [0.4, 0.5) is 11.8 Å². The van der Waals surface area contributed by atoms with Crippen molar-refractivity contribution < 1.29 is 4.74 Å². The fourth-order valence-corrected chi connectivity index (χ4v) is 2.75. The smallest absolute Gasteiger partial charge is 0.224 e. The van der Waals surface area contributed by atoms with Crippen molar-refractivity contribution >= 4 is 11.8 Å².